The number of thiazole rings is 1. The van der Waals surface area contributed by atoms with Gasteiger partial charge in [0.1, 0.15) is 0 Å². The third kappa shape index (κ3) is 4.76. The van der Waals surface area contributed by atoms with Gasteiger partial charge in [0.2, 0.25) is 5.95 Å². The molecule has 1 spiro atoms. The molecule has 5 aliphatic rings. The van der Waals surface area contributed by atoms with E-state index in [4.69, 9.17) is 15.7 Å². The quantitative estimate of drug-likeness (QED) is 0.381. The molecule has 3 aromatic rings. The third-order valence-corrected chi connectivity index (χ3v) is 13.0. The van der Waals surface area contributed by atoms with Gasteiger partial charge in [0.05, 0.1) is 33.5 Å². The summed E-state index contributed by atoms with van der Waals surface area (Å²) in [5.41, 5.74) is 7.22. The van der Waals surface area contributed by atoms with Gasteiger partial charge < -0.3 is 16.0 Å². The molecule has 2 saturated carbocycles. The van der Waals surface area contributed by atoms with E-state index >= 15 is 4.39 Å². The van der Waals surface area contributed by atoms with Crippen molar-refractivity contribution in [3.05, 3.63) is 36.3 Å². The molecule has 2 aromatic heterocycles. The van der Waals surface area contributed by atoms with Gasteiger partial charge in [0, 0.05) is 67.3 Å². The summed E-state index contributed by atoms with van der Waals surface area (Å²) in [6, 6.07) is 6.97. The SMILES string of the molecule is Nc1cccc(-c2nc(N3C4CCC3CN(C3CC(F)(F)C3)C4)sc2-c2ccnc(NC3CC4(C3)CS(=O)(=O)C4)n2)c1F. The Labute approximate surface area is 251 Å². The fourth-order valence-electron chi connectivity index (χ4n) is 7.89. The van der Waals surface area contributed by atoms with Gasteiger partial charge >= 0.3 is 0 Å². The number of hydrogen-bond donors (Lipinski definition) is 2. The predicted molar refractivity (Wildman–Crippen MR) is 160 cm³/mol. The van der Waals surface area contributed by atoms with E-state index in [0.717, 1.165) is 30.8 Å². The Morgan fingerprint density at radius 1 is 1.00 bits per heavy atom. The number of piperazine rings is 1. The molecule has 14 heteroatoms. The Kier molecular flexibility index (Phi) is 6.10. The number of sulfone groups is 1. The highest BCUT2D eigenvalue weighted by Crippen LogP contribution is 2.51. The smallest absolute Gasteiger partial charge is 0.251 e. The van der Waals surface area contributed by atoms with Gasteiger partial charge in [-0.1, -0.05) is 17.4 Å². The maximum absolute atomic E-state index is 15.4. The number of fused-ring (bicyclic) bond motifs is 2. The Morgan fingerprint density at radius 3 is 2.40 bits per heavy atom. The van der Waals surface area contributed by atoms with Crippen LogP contribution in [0.3, 0.4) is 0 Å². The molecule has 2 unspecified atom stereocenters. The lowest BCUT2D eigenvalue weighted by atomic mass is 9.67. The highest BCUT2D eigenvalue weighted by molar-refractivity contribution is 7.92. The normalized spacial score (nSPS) is 27.5. The topological polar surface area (TPSA) is 117 Å². The summed E-state index contributed by atoms with van der Waals surface area (Å²) in [4.78, 5) is 19.4. The molecule has 43 heavy (non-hydrogen) atoms. The van der Waals surface area contributed by atoms with Gasteiger partial charge in [0.25, 0.3) is 5.92 Å². The van der Waals surface area contributed by atoms with Gasteiger partial charge in [-0.3, -0.25) is 4.90 Å². The van der Waals surface area contributed by atoms with E-state index in [1.807, 2.05) is 0 Å². The molecule has 8 rings (SSSR count). The first-order chi connectivity index (χ1) is 20.5. The number of anilines is 3. The van der Waals surface area contributed by atoms with Crippen molar-refractivity contribution in [2.24, 2.45) is 5.41 Å². The second-order valence-electron chi connectivity index (χ2n) is 13.1. The van der Waals surface area contributed by atoms with Crippen molar-refractivity contribution in [2.75, 3.05) is 40.5 Å². The van der Waals surface area contributed by atoms with Crippen molar-refractivity contribution in [2.45, 2.75) is 68.6 Å². The molecule has 2 aliphatic carbocycles. The molecule has 1 aromatic carbocycles. The van der Waals surface area contributed by atoms with E-state index in [1.54, 1.807) is 24.4 Å². The van der Waals surface area contributed by atoms with Gasteiger partial charge in [-0.15, -0.1) is 0 Å². The highest BCUT2D eigenvalue weighted by atomic mass is 32.2. The van der Waals surface area contributed by atoms with Crippen molar-refractivity contribution in [1.82, 2.24) is 19.9 Å². The maximum atomic E-state index is 15.4. The first-order valence-electron chi connectivity index (χ1n) is 14.7. The Balaban J connectivity index is 1.09. The van der Waals surface area contributed by atoms with E-state index in [2.05, 4.69) is 20.1 Å². The number of nitrogen functional groups attached to an aromatic ring is 1. The lowest BCUT2D eigenvalue weighted by Gasteiger charge is -2.53. The van der Waals surface area contributed by atoms with E-state index < -0.39 is 21.6 Å². The van der Waals surface area contributed by atoms with E-state index in [9.17, 15) is 17.2 Å². The molecule has 3 saturated heterocycles. The third-order valence-electron chi connectivity index (χ3n) is 9.85. The van der Waals surface area contributed by atoms with Gasteiger partial charge in [-0.05, 0) is 43.9 Å². The Morgan fingerprint density at radius 2 is 1.72 bits per heavy atom. The average Bonchev–Trinajstić information content (AvgIpc) is 3.44. The predicted octanol–water partition coefficient (Wildman–Crippen LogP) is 4.43. The van der Waals surface area contributed by atoms with Crippen LogP contribution in [0.1, 0.15) is 38.5 Å². The van der Waals surface area contributed by atoms with Crippen LogP contribution in [0.5, 0.6) is 0 Å². The number of aromatic nitrogens is 3. The molecule has 3 aliphatic heterocycles. The summed E-state index contributed by atoms with van der Waals surface area (Å²) < 4.78 is 66.0. The van der Waals surface area contributed by atoms with Gasteiger partial charge in [-0.2, -0.15) is 0 Å². The van der Waals surface area contributed by atoms with Crippen molar-refractivity contribution < 1.29 is 21.6 Å². The summed E-state index contributed by atoms with van der Waals surface area (Å²) in [7, 11) is -2.89. The van der Waals surface area contributed by atoms with Crippen molar-refractivity contribution in [3.8, 4) is 21.8 Å². The summed E-state index contributed by atoms with van der Waals surface area (Å²) in [5, 5.41) is 4.11. The maximum Gasteiger partial charge on any atom is 0.251 e. The first kappa shape index (κ1) is 27.6. The molecular formula is C29H32F3N7O2S2. The number of benzene rings is 1. The van der Waals surface area contributed by atoms with Crippen LogP contribution in [-0.4, -0.2) is 83.0 Å². The number of likely N-dealkylation sites (tertiary alicyclic amines) is 1. The molecule has 3 N–H and O–H groups in total. The number of hydrogen-bond acceptors (Lipinski definition) is 10. The van der Waals surface area contributed by atoms with Crippen LogP contribution in [0.15, 0.2) is 30.5 Å². The largest absolute Gasteiger partial charge is 0.396 e. The minimum atomic E-state index is -2.89. The molecule has 0 amide bonds. The van der Waals surface area contributed by atoms with Crippen molar-refractivity contribution in [1.29, 1.82) is 0 Å². The van der Waals surface area contributed by atoms with Crippen LogP contribution in [0.2, 0.25) is 0 Å². The number of nitrogens with one attached hydrogen (secondary N) is 1. The second kappa shape index (κ2) is 9.51. The number of alkyl halides is 2. The molecule has 9 nitrogen and oxygen atoms in total. The van der Waals surface area contributed by atoms with Crippen molar-refractivity contribution in [3.63, 3.8) is 0 Å². The lowest BCUT2D eigenvalue weighted by Crippen LogP contribution is -2.61. The van der Waals surface area contributed by atoms with Crippen LogP contribution >= 0.6 is 11.3 Å². The lowest BCUT2D eigenvalue weighted by molar-refractivity contribution is -0.127. The first-order valence-corrected chi connectivity index (χ1v) is 17.4. The van der Waals surface area contributed by atoms with E-state index in [0.29, 0.717) is 40.9 Å². The Bertz CT molecular complexity index is 1680. The Hall–Kier alpha value is -2.97. The monoisotopic (exact) mass is 631 g/mol. The highest BCUT2D eigenvalue weighted by Gasteiger charge is 2.56. The minimum absolute atomic E-state index is 0.0333. The van der Waals surface area contributed by atoms with Gasteiger partial charge in [-0.25, -0.2) is 36.5 Å². The number of nitrogens with two attached hydrogens (primary N) is 1. The summed E-state index contributed by atoms with van der Waals surface area (Å²) in [5.74, 6) is -2.16. The minimum Gasteiger partial charge on any atom is -0.396 e. The second-order valence-corrected chi connectivity index (χ2v) is 16.1. The van der Waals surface area contributed by atoms with E-state index in [1.165, 1.54) is 17.4 Å². The van der Waals surface area contributed by atoms with Gasteiger partial charge in [0.15, 0.2) is 20.8 Å². The molecule has 228 valence electrons. The molecule has 2 bridgehead atoms. The van der Waals surface area contributed by atoms with Crippen LogP contribution in [0.25, 0.3) is 21.8 Å². The van der Waals surface area contributed by atoms with Crippen LogP contribution in [0, 0.1) is 11.2 Å². The summed E-state index contributed by atoms with van der Waals surface area (Å²) in [6.07, 6.45) is 4.94. The number of halogens is 3. The van der Waals surface area contributed by atoms with E-state index in [-0.39, 0.29) is 59.6 Å². The molecule has 2 atom stereocenters. The zero-order chi connectivity index (χ0) is 29.7. The van der Waals surface area contributed by atoms with Crippen LogP contribution in [-0.2, 0) is 9.84 Å². The summed E-state index contributed by atoms with van der Waals surface area (Å²) >= 11 is 1.45. The van der Waals surface area contributed by atoms with Crippen LogP contribution < -0.4 is 16.0 Å². The van der Waals surface area contributed by atoms with Crippen LogP contribution in [0.4, 0.5) is 29.9 Å². The fraction of sp³-hybridized carbons (Fsp3) is 0.552. The summed E-state index contributed by atoms with van der Waals surface area (Å²) in [6.45, 7) is 1.42. The molecule has 5 heterocycles. The zero-order valence-corrected chi connectivity index (χ0v) is 25.0. The van der Waals surface area contributed by atoms with Crippen molar-refractivity contribution >= 4 is 37.9 Å². The molecular weight excluding hydrogens is 599 g/mol. The number of nitrogens with zero attached hydrogens (tertiary/aromatic N) is 5. The number of rotatable bonds is 6. The standard InChI is InChI=1S/C29H32F3N7O2S2/c30-23-20(2-1-3-21(23)33)24-25(22-6-7-34-26(36-22)35-16-8-28(9-16)14-43(40,41)15-28)42-27(37-24)39-17-4-5-18(39)13-38(12-17)19-10-29(31,32)11-19/h1-3,6-7,16-19H,4-5,8-15,33H2,(H,34,35,36). The fourth-order valence-corrected chi connectivity index (χ4v) is 11.3. The molecule has 5 fully saturated rings. The average molecular weight is 632 g/mol. The zero-order valence-electron chi connectivity index (χ0n) is 23.3. The molecule has 0 radical (unpaired) electrons.